The van der Waals surface area contributed by atoms with Gasteiger partial charge in [0.15, 0.2) is 0 Å². The van der Waals surface area contributed by atoms with E-state index in [-0.39, 0.29) is 0 Å². The van der Waals surface area contributed by atoms with E-state index in [2.05, 4.69) is 29.2 Å². The van der Waals surface area contributed by atoms with Crippen molar-refractivity contribution >= 4 is 14.6 Å². The topological polar surface area (TPSA) is 56.5 Å². The van der Waals surface area contributed by atoms with Crippen molar-refractivity contribution < 1.29 is 8.85 Å². The number of hydrogen-bond acceptors (Lipinski definition) is 4. The molecule has 1 atom stereocenters. The number of nitrogens with one attached hydrogen (secondary N) is 1. The van der Waals surface area contributed by atoms with Gasteiger partial charge >= 0.3 is 8.56 Å². The van der Waals surface area contributed by atoms with Crippen molar-refractivity contribution in [2.75, 3.05) is 33.4 Å². The van der Waals surface area contributed by atoms with Crippen LogP contribution < -0.4 is 11.1 Å². The summed E-state index contributed by atoms with van der Waals surface area (Å²) < 4.78 is 11.4. The van der Waals surface area contributed by atoms with Crippen LogP contribution in [0.1, 0.15) is 5.56 Å². The maximum atomic E-state index is 5.87. The second-order valence-electron chi connectivity index (χ2n) is 4.35. The van der Waals surface area contributed by atoms with E-state index in [0.717, 1.165) is 18.7 Å². The number of benzene rings is 1. The predicted octanol–water partition coefficient (Wildman–Crippen LogP) is 1.52. The van der Waals surface area contributed by atoms with Crippen molar-refractivity contribution in [2.45, 2.75) is 6.55 Å². The van der Waals surface area contributed by atoms with Gasteiger partial charge in [-0.1, -0.05) is 36.4 Å². The fraction of sp³-hybridized carbons (Fsp3) is 0.429. The van der Waals surface area contributed by atoms with E-state index in [9.17, 15) is 0 Å². The lowest BCUT2D eigenvalue weighted by molar-refractivity contribution is 0.217. The molecule has 5 heteroatoms. The lowest BCUT2D eigenvalue weighted by Gasteiger charge is -2.21. The average Bonchev–Trinajstić information content (AvgIpc) is 2.46. The summed E-state index contributed by atoms with van der Waals surface area (Å²) in [6, 6.07) is 10.2. The zero-order chi connectivity index (χ0) is 14.0. The lowest BCUT2D eigenvalue weighted by Crippen LogP contribution is -2.38. The highest BCUT2D eigenvalue weighted by molar-refractivity contribution is 6.72. The first-order chi connectivity index (χ1) is 9.20. The summed E-state index contributed by atoms with van der Waals surface area (Å²) in [4.78, 5) is 0. The van der Waals surface area contributed by atoms with Crippen molar-refractivity contribution in [1.82, 2.24) is 5.32 Å². The summed E-state index contributed by atoms with van der Waals surface area (Å²) >= 11 is 0. The van der Waals surface area contributed by atoms with E-state index in [1.54, 1.807) is 7.11 Å². The SMILES string of the molecule is CO[Si](C)(C=Cc1ccccc1)OCCNCCN. The molecule has 0 spiro atoms. The molecule has 4 nitrogen and oxygen atoms in total. The van der Waals surface area contributed by atoms with Crippen LogP contribution in [0, 0.1) is 0 Å². The van der Waals surface area contributed by atoms with Gasteiger partial charge in [0.25, 0.3) is 0 Å². The van der Waals surface area contributed by atoms with Crippen LogP contribution in [0.2, 0.25) is 6.55 Å². The molecular formula is C14H24N2O2Si. The zero-order valence-corrected chi connectivity index (χ0v) is 12.8. The largest absolute Gasteiger partial charge is 0.395 e. The molecule has 1 aromatic carbocycles. The molecule has 0 radical (unpaired) electrons. The van der Waals surface area contributed by atoms with E-state index >= 15 is 0 Å². The molecule has 0 fully saturated rings. The Hall–Kier alpha value is -0.983. The fourth-order valence-corrected chi connectivity index (χ4v) is 2.89. The average molecular weight is 280 g/mol. The van der Waals surface area contributed by atoms with Crippen LogP contribution in [0.15, 0.2) is 36.0 Å². The zero-order valence-electron chi connectivity index (χ0n) is 11.8. The van der Waals surface area contributed by atoms with Gasteiger partial charge in [-0.3, -0.25) is 0 Å². The van der Waals surface area contributed by atoms with E-state index in [1.807, 2.05) is 24.7 Å². The highest BCUT2D eigenvalue weighted by atomic mass is 28.4. The molecule has 1 aromatic rings. The van der Waals surface area contributed by atoms with Crippen molar-refractivity contribution in [2.24, 2.45) is 5.73 Å². The van der Waals surface area contributed by atoms with Crippen LogP contribution in [-0.4, -0.2) is 41.9 Å². The minimum absolute atomic E-state index is 0.635. The Morgan fingerprint density at radius 1 is 1.26 bits per heavy atom. The predicted molar refractivity (Wildman–Crippen MR) is 82.0 cm³/mol. The number of rotatable bonds is 9. The molecule has 0 saturated carbocycles. The molecule has 1 rings (SSSR count). The maximum Gasteiger partial charge on any atom is 0.361 e. The molecule has 0 amide bonds. The van der Waals surface area contributed by atoms with Crippen molar-refractivity contribution in [3.63, 3.8) is 0 Å². The second kappa shape index (κ2) is 9.01. The summed E-state index contributed by atoms with van der Waals surface area (Å²) in [6.07, 6.45) is 2.06. The van der Waals surface area contributed by atoms with Gasteiger partial charge in [-0.2, -0.15) is 0 Å². The molecule has 0 saturated heterocycles. The van der Waals surface area contributed by atoms with E-state index in [1.165, 1.54) is 0 Å². The number of hydrogen-bond donors (Lipinski definition) is 2. The van der Waals surface area contributed by atoms with Crippen LogP contribution in [0.25, 0.3) is 6.08 Å². The first-order valence-corrected chi connectivity index (χ1v) is 8.94. The summed E-state index contributed by atoms with van der Waals surface area (Å²) in [5.74, 6) is 0. The van der Waals surface area contributed by atoms with Crippen LogP contribution in [0.5, 0.6) is 0 Å². The molecule has 0 aromatic heterocycles. The number of nitrogens with two attached hydrogens (primary N) is 1. The van der Waals surface area contributed by atoms with Crippen LogP contribution in [0.4, 0.5) is 0 Å². The monoisotopic (exact) mass is 280 g/mol. The quantitative estimate of drug-likeness (QED) is 0.532. The summed E-state index contributed by atoms with van der Waals surface area (Å²) in [6.45, 7) is 4.93. The summed E-state index contributed by atoms with van der Waals surface area (Å²) in [7, 11) is -0.515. The van der Waals surface area contributed by atoms with E-state index in [4.69, 9.17) is 14.6 Å². The van der Waals surface area contributed by atoms with Crippen molar-refractivity contribution in [3.05, 3.63) is 41.6 Å². The highest BCUT2D eigenvalue weighted by Gasteiger charge is 2.26. The minimum Gasteiger partial charge on any atom is -0.395 e. The van der Waals surface area contributed by atoms with Gasteiger partial charge in [0.05, 0.1) is 0 Å². The molecule has 106 valence electrons. The Kier molecular flexibility index (Phi) is 7.62. The van der Waals surface area contributed by atoms with Gasteiger partial charge in [-0.15, -0.1) is 0 Å². The molecule has 1 unspecified atom stereocenters. The van der Waals surface area contributed by atoms with Gasteiger partial charge in [0.2, 0.25) is 0 Å². The van der Waals surface area contributed by atoms with Crippen LogP contribution in [-0.2, 0) is 8.85 Å². The maximum absolute atomic E-state index is 5.87. The molecule has 0 bridgehead atoms. The summed E-state index contributed by atoms with van der Waals surface area (Å²) in [5.41, 5.74) is 8.62. The molecular weight excluding hydrogens is 256 g/mol. The van der Waals surface area contributed by atoms with Gasteiger partial charge in [0.1, 0.15) is 0 Å². The Labute approximate surface area is 116 Å². The van der Waals surface area contributed by atoms with Gasteiger partial charge < -0.3 is 19.9 Å². The van der Waals surface area contributed by atoms with Crippen molar-refractivity contribution in [1.29, 1.82) is 0 Å². The second-order valence-corrected chi connectivity index (χ2v) is 7.41. The van der Waals surface area contributed by atoms with Gasteiger partial charge in [0, 0.05) is 33.4 Å². The van der Waals surface area contributed by atoms with Gasteiger partial charge in [-0.25, -0.2) is 0 Å². The minimum atomic E-state index is -2.22. The Morgan fingerprint density at radius 3 is 2.63 bits per heavy atom. The molecule has 0 aliphatic carbocycles. The normalized spacial score (nSPS) is 14.7. The Morgan fingerprint density at radius 2 is 2.00 bits per heavy atom. The van der Waals surface area contributed by atoms with E-state index < -0.39 is 8.56 Å². The third kappa shape index (κ3) is 6.65. The third-order valence-electron chi connectivity index (χ3n) is 2.77. The van der Waals surface area contributed by atoms with Crippen LogP contribution in [0.3, 0.4) is 0 Å². The third-order valence-corrected chi connectivity index (χ3v) is 5.13. The summed E-state index contributed by atoms with van der Waals surface area (Å²) in [5, 5.41) is 3.20. The molecule has 19 heavy (non-hydrogen) atoms. The standard InChI is InChI=1S/C14H24N2O2Si/c1-17-19(2,18-12-11-16-10-9-15)13-8-14-6-4-3-5-7-14/h3-8,13,16H,9-12,15H2,1-2H3. The smallest absolute Gasteiger partial charge is 0.361 e. The first-order valence-electron chi connectivity index (χ1n) is 6.54. The molecule has 0 heterocycles. The highest BCUT2D eigenvalue weighted by Crippen LogP contribution is 2.11. The first kappa shape index (κ1) is 16.1. The fourth-order valence-electron chi connectivity index (χ4n) is 1.54. The lowest BCUT2D eigenvalue weighted by atomic mass is 10.2. The van der Waals surface area contributed by atoms with Gasteiger partial charge in [-0.05, 0) is 17.8 Å². The van der Waals surface area contributed by atoms with Crippen molar-refractivity contribution in [3.8, 4) is 0 Å². The van der Waals surface area contributed by atoms with E-state index in [0.29, 0.717) is 13.2 Å². The Bertz CT molecular complexity index is 373. The van der Waals surface area contributed by atoms with Crippen LogP contribution >= 0.6 is 0 Å². The molecule has 0 aliphatic rings. The Balaban J connectivity index is 2.43. The molecule has 0 aliphatic heterocycles. The molecule has 3 N–H and O–H groups in total.